The SMILES string of the molecule is O=C(NCc1cc(F)cc(C(F)(F)F)c1)[C@]1(Cc2ccc(Br)cc2)N=C(c2ccc(OCCCO)cc2)O[C@@H]1c1ccccc1Br. The maximum absolute atomic E-state index is 14.4. The van der Waals surface area contributed by atoms with Gasteiger partial charge in [-0.3, -0.25) is 4.79 Å². The first-order chi connectivity index (χ1) is 22.0. The van der Waals surface area contributed by atoms with E-state index in [4.69, 9.17) is 19.6 Å². The van der Waals surface area contributed by atoms with Gasteiger partial charge in [0.15, 0.2) is 11.6 Å². The highest BCUT2D eigenvalue weighted by Gasteiger charge is 2.53. The molecule has 1 heterocycles. The number of hydrogen-bond acceptors (Lipinski definition) is 5. The molecule has 4 aromatic rings. The summed E-state index contributed by atoms with van der Waals surface area (Å²) < 4.78 is 68.0. The van der Waals surface area contributed by atoms with E-state index in [-0.39, 0.29) is 31.0 Å². The molecule has 1 aliphatic heterocycles. The third-order valence-electron chi connectivity index (χ3n) is 7.34. The minimum Gasteiger partial charge on any atom is -0.494 e. The van der Waals surface area contributed by atoms with Crippen LogP contribution in [0.5, 0.6) is 5.75 Å². The van der Waals surface area contributed by atoms with Gasteiger partial charge in [0, 0.05) is 46.1 Å². The summed E-state index contributed by atoms with van der Waals surface area (Å²) in [6, 6.07) is 23.7. The van der Waals surface area contributed by atoms with E-state index in [1.807, 2.05) is 36.4 Å². The molecule has 5 rings (SSSR count). The molecule has 0 aromatic heterocycles. The van der Waals surface area contributed by atoms with E-state index in [2.05, 4.69) is 37.2 Å². The molecule has 0 spiro atoms. The fraction of sp³-hybridized carbons (Fsp3) is 0.235. The molecule has 6 nitrogen and oxygen atoms in total. The topological polar surface area (TPSA) is 80.2 Å². The third-order valence-corrected chi connectivity index (χ3v) is 8.59. The van der Waals surface area contributed by atoms with Crippen molar-refractivity contribution in [2.45, 2.75) is 37.2 Å². The van der Waals surface area contributed by atoms with Gasteiger partial charge in [-0.25, -0.2) is 9.38 Å². The number of nitrogens with one attached hydrogen (secondary N) is 1. The number of carbonyl (C=O) groups is 1. The van der Waals surface area contributed by atoms with E-state index < -0.39 is 35.1 Å². The quantitative estimate of drug-likeness (QED) is 0.120. The van der Waals surface area contributed by atoms with Gasteiger partial charge in [-0.05, 0) is 71.8 Å². The largest absolute Gasteiger partial charge is 0.494 e. The minimum absolute atomic E-state index is 0.00435. The Hall–Kier alpha value is -3.74. The van der Waals surface area contributed by atoms with E-state index >= 15 is 0 Å². The van der Waals surface area contributed by atoms with E-state index in [1.54, 1.807) is 36.4 Å². The van der Waals surface area contributed by atoms with Gasteiger partial charge in [-0.15, -0.1) is 0 Å². The van der Waals surface area contributed by atoms with Crippen LogP contribution in [-0.4, -0.2) is 35.7 Å². The predicted molar refractivity (Wildman–Crippen MR) is 172 cm³/mol. The van der Waals surface area contributed by atoms with Crippen LogP contribution in [0.1, 0.15) is 40.3 Å². The van der Waals surface area contributed by atoms with Crippen LogP contribution in [0, 0.1) is 5.82 Å². The van der Waals surface area contributed by atoms with Gasteiger partial charge in [0.1, 0.15) is 11.6 Å². The number of aliphatic hydroxyl groups is 1. The minimum atomic E-state index is -4.76. The summed E-state index contributed by atoms with van der Waals surface area (Å²) in [6.45, 7) is -0.0385. The van der Waals surface area contributed by atoms with Crippen molar-refractivity contribution in [2.75, 3.05) is 13.2 Å². The second kappa shape index (κ2) is 14.4. The highest BCUT2D eigenvalue weighted by atomic mass is 79.9. The lowest BCUT2D eigenvalue weighted by Crippen LogP contribution is -2.49. The van der Waals surface area contributed by atoms with E-state index in [0.717, 1.165) is 22.2 Å². The summed E-state index contributed by atoms with van der Waals surface area (Å²) >= 11 is 7.01. The number of benzene rings is 4. The number of aliphatic hydroxyl groups excluding tert-OH is 1. The Balaban J connectivity index is 1.56. The van der Waals surface area contributed by atoms with Crippen LogP contribution < -0.4 is 10.1 Å². The lowest BCUT2D eigenvalue weighted by atomic mass is 9.82. The van der Waals surface area contributed by atoms with E-state index in [0.29, 0.717) is 40.4 Å². The van der Waals surface area contributed by atoms with Crippen LogP contribution in [0.3, 0.4) is 0 Å². The average Bonchev–Trinajstić information content (AvgIpc) is 3.41. The Bertz CT molecular complexity index is 1720. The second-order valence-corrected chi connectivity index (χ2v) is 12.4. The van der Waals surface area contributed by atoms with Crippen LogP contribution in [0.4, 0.5) is 17.6 Å². The first-order valence-electron chi connectivity index (χ1n) is 14.2. The standard InChI is InChI=1S/C34H28Br2F4N2O4/c35-25-10-6-21(7-11-25)19-33(32(44)41-20-22-16-24(34(38,39)40)18-26(37)17-22)30(28-4-1-2-5-29(28)36)46-31(42-33)23-8-12-27(13-9-23)45-15-3-14-43/h1-2,4-13,16-18,30,43H,3,14-15,19-20H2,(H,41,44)/t30-,33-/m1/s1. The van der Waals surface area contributed by atoms with Crippen molar-refractivity contribution in [3.63, 3.8) is 0 Å². The van der Waals surface area contributed by atoms with Crippen molar-refractivity contribution in [1.29, 1.82) is 0 Å². The van der Waals surface area contributed by atoms with Crippen molar-refractivity contribution in [2.24, 2.45) is 4.99 Å². The average molecular weight is 764 g/mol. The summed E-state index contributed by atoms with van der Waals surface area (Å²) in [5, 5.41) is 11.8. The van der Waals surface area contributed by atoms with Crippen LogP contribution in [0.15, 0.2) is 105 Å². The highest BCUT2D eigenvalue weighted by Crippen LogP contribution is 2.45. The smallest absolute Gasteiger partial charge is 0.416 e. The molecule has 4 aromatic carbocycles. The maximum Gasteiger partial charge on any atom is 0.416 e. The summed E-state index contributed by atoms with van der Waals surface area (Å²) in [7, 11) is 0. The van der Waals surface area contributed by atoms with E-state index in [9.17, 15) is 22.4 Å². The number of rotatable bonds is 11. The molecule has 2 N–H and O–H groups in total. The van der Waals surface area contributed by atoms with Crippen molar-refractivity contribution in [3.8, 4) is 5.75 Å². The van der Waals surface area contributed by atoms with Crippen molar-refractivity contribution in [3.05, 3.63) is 134 Å². The van der Waals surface area contributed by atoms with Gasteiger partial charge >= 0.3 is 6.18 Å². The fourth-order valence-electron chi connectivity index (χ4n) is 5.11. The predicted octanol–water partition coefficient (Wildman–Crippen LogP) is 7.95. The number of hydrogen-bond donors (Lipinski definition) is 2. The number of nitrogens with zero attached hydrogens (tertiary/aromatic N) is 1. The Kier molecular flexibility index (Phi) is 10.5. The Morgan fingerprint density at radius 1 is 0.978 bits per heavy atom. The molecule has 0 unspecified atom stereocenters. The van der Waals surface area contributed by atoms with Crippen LogP contribution in [-0.2, 0) is 28.7 Å². The van der Waals surface area contributed by atoms with Gasteiger partial charge in [-0.2, -0.15) is 13.2 Å². The Morgan fingerprint density at radius 2 is 1.70 bits per heavy atom. The first kappa shape index (κ1) is 33.6. The fourth-order valence-corrected chi connectivity index (χ4v) is 5.87. The van der Waals surface area contributed by atoms with Gasteiger partial charge < -0.3 is 19.9 Å². The lowest BCUT2D eigenvalue weighted by Gasteiger charge is -2.31. The van der Waals surface area contributed by atoms with Gasteiger partial charge in [0.25, 0.3) is 5.91 Å². The molecule has 46 heavy (non-hydrogen) atoms. The molecule has 1 aliphatic rings. The summed E-state index contributed by atoms with van der Waals surface area (Å²) in [4.78, 5) is 19.3. The normalized spacial score (nSPS) is 17.7. The summed E-state index contributed by atoms with van der Waals surface area (Å²) in [6.07, 6.45) is -5.17. The molecule has 0 fully saturated rings. The van der Waals surface area contributed by atoms with Crippen molar-refractivity contribution in [1.82, 2.24) is 5.32 Å². The third kappa shape index (κ3) is 7.79. The second-order valence-electron chi connectivity index (χ2n) is 10.6. The Labute approximate surface area is 279 Å². The van der Waals surface area contributed by atoms with E-state index in [1.165, 1.54) is 0 Å². The molecule has 240 valence electrons. The zero-order valence-electron chi connectivity index (χ0n) is 24.2. The molecule has 1 amide bonds. The molecular formula is C34H28Br2F4N2O4. The Morgan fingerprint density at radius 3 is 2.37 bits per heavy atom. The van der Waals surface area contributed by atoms with Crippen molar-refractivity contribution >= 4 is 43.7 Å². The van der Waals surface area contributed by atoms with Gasteiger partial charge in [-0.1, -0.05) is 62.2 Å². The number of carbonyl (C=O) groups excluding carboxylic acids is 1. The molecular weight excluding hydrogens is 736 g/mol. The van der Waals surface area contributed by atoms with Crippen molar-refractivity contribution < 1.29 is 36.9 Å². The number of aliphatic imine (C=N–C) groups is 1. The number of ether oxygens (including phenoxy) is 2. The number of alkyl halides is 3. The van der Waals surface area contributed by atoms with Crippen LogP contribution in [0.2, 0.25) is 0 Å². The monoisotopic (exact) mass is 762 g/mol. The number of halogens is 6. The molecule has 0 radical (unpaired) electrons. The first-order valence-corrected chi connectivity index (χ1v) is 15.8. The molecule has 2 atom stereocenters. The maximum atomic E-state index is 14.4. The zero-order chi connectivity index (χ0) is 32.9. The number of amides is 1. The highest BCUT2D eigenvalue weighted by molar-refractivity contribution is 9.10. The molecule has 0 saturated carbocycles. The van der Waals surface area contributed by atoms with Gasteiger partial charge in [0.05, 0.1) is 12.2 Å². The lowest BCUT2D eigenvalue weighted by molar-refractivity contribution is -0.137. The molecule has 12 heteroatoms. The molecule has 0 saturated heterocycles. The van der Waals surface area contributed by atoms with Gasteiger partial charge in [0.2, 0.25) is 5.90 Å². The van der Waals surface area contributed by atoms with Crippen LogP contribution in [0.25, 0.3) is 0 Å². The zero-order valence-corrected chi connectivity index (χ0v) is 27.3. The summed E-state index contributed by atoms with van der Waals surface area (Å²) in [5.74, 6) is -0.929. The molecule has 0 aliphatic carbocycles. The summed E-state index contributed by atoms with van der Waals surface area (Å²) in [5.41, 5.74) is -0.886. The molecule has 0 bridgehead atoms. The van der Waals surface area contributed by atoms with Crippen LogP contribution >= 0.6 is 31.9 Å².